The van der Waals surface area contributed by atoms with Crippen LogP contribution in [0.5, 0.6) is 5.75 Å². The van der Waals surface area contributed by atoms with Gasteiger partial charge in [0.25, 0.3) is 5.91 Å². The molecular weight excluding hydrogens is 380 g/mol. The Bertz CT molecular complexity index is 1060. The summed E-state index contributed by atoms with van der Waals surface area (Å²) in [6.45, 7) is 2.46. The Morgan fingerprint density at radius 2 is 1.57 bits per heavy atom. The van der Waals surface area contributed by atoms with Crippen LogP contribution < -0.4 is 4.74 Å². The third kappa shape index (κ3) is 3.65. The van der Waals surface area contributed by atoms with Gasteiger partial charge in [0, 0.05) is 43.0 Å². The summed E-state index contributed by atoms with van der Waals surface area (Å²) in [5, 5.41) is 0.888. The second kappa shape index (κ2) is 7.86. The number of nitrogens with zero attached hydrogens (tertiary/aromatic N) is 2. The molecule has 30 heavy (non-hydrogen) atoms. The Labute approximate surface area is 175 Å². The summed E-state index contributed by atoms with van der Waals surface area (Å²) in [5.41, 5.74) is 1.44. The minimum atomic E-state index is -0.142. The van der Waals surface area contributed by atoms with Gasteiger partial charge in [-0.3, -0.25) is 9.59 Å². The zero-order valence-electron chi connectivity index (χ0n) is 16.8. The number of rotatable bonds is 5. The largest absolute Gasteiger partial charge is 0.489 e. The minimum Gasteiger partial charge on any atom is -0.489 e. The van der Waals surface area contributed by atoms with E-state index in [-0.39, 0.29) is 24.3 Å². The van der Waals surface area contributed by atoms with Crippen molar-refractivity contribution < 1.29 is 18.7 Å². The smallest absolute Gasteiger partial charge is 0.290 e. The van der Waals surface area contributed by atoms with E-state index in [0.29, 0.717) is 37.5 Å². The van der Waals surface area contributed by atoms with Crippen LogP contribution in [0.1, 0.15) is 29.0 Å². The van der Waals surface area contributed by atoms with Crippen molar-refractivity contribution in [2.24, 2.45) is 5.92 Å². The monoisotopic (exact) mass is 404 g/mol. The number of carbonyl (C=O) groups is 2. The van der Waals surface area contributed by atoms with E-state index in [2.05, 4.69) is 0 Å². The first-order valence-electron chi connectivity index (χ1n) is 10.5. The average molecular weight is 404 g/mol. The molecule has 154 valence electrons. The van der Waals surface area contributed by atoms with Crippen molar-refractivity contribution >= 4 is 22.8 Å². The van der Waals surface area contributed by atoms with Gasteiger partial charge in [0.05, 0.1) is 0 Å². The second-order valence-electron chi connectivity index (χ2n) is 7.90. The Kier molecular flexibility index (Phi) is 4.91. The molecule has 2 heterocycles. The van der Waals surface area contributed by atoms with Crippen LogP contribution in [-0.4, -0.2) is 47.8 Å². The van der Waals surface area contributed by atoms with Gasteiger partial charge >= 0.3 is 0 Å². The zero-order chi connectivity index (χ0) is 20.5. The molecule has 6 heteroatoms. The van der Waals surface area contributed by atoms with Crippen LogP contribution in [0.15, 0.2) is 59.0 Å². The number of para-hydroxylation sites is 2. The first kappa shape index (κ1) is 18.7. The van der Waals surface area contributed by atoms with Crippen molar-refractivity contribution in [2.75, 3.05) is 26.2 Å². The lowest BCUT2D eigenvalue weighted by Crippen LogP contribution is -2.51. The summed E-state index contributed by atoms with van der Waals surface area (Å²) in [4.78, 5) is 29.2. The highest BCUT2D eigenvalue weighted by molar-refractivity contribution is 5.99. The Balaban J connectivity index is 1.35. The molecule has 1 aliphatic heterocycles. The molecule has 1 aromatic heterocycles. The van der Waals surface area contributed by atoms with Gasteiger partial charge in [0.2, 0.25) is 5.91 Å². The lowest BCUT2D eigenvalue weighted by Gasteiger charge is -2.34. The minimum absolute atomic E-state index is 0.142. The van der Waals surface area contributed by atoms with Gasteiger partial charge in [0.15, 0.2) is 5.76 Å². The van der Waals surface area contributed by atoms with Crippen LogP contribution in [0.4, 0.5) is 0 Å². The van der Waals surface area contributed by atoms with E-state index in [1.165, 1.54) is 0 Å². The number of ether oxygens (including phenoxy) is 1. The summed E-state index contributed by atoms with van der Waals surface area (Å²) < 4.78 is 11.9. The molecule has 2 fully saturated rings. The van der Waals surface area contributed by atoms with E-state index < -0.39 is 0 Å². The van der Waals surface area contributed by atoms with Gasteiger partial charge in [-0.05, 0) is 31.0 Å². The molecule has 1 aliphatic carbocycles. The first-order valence-corrected chi connectivity index (χ1v) is 10.5. The fourth-order valence-electron chi connectivity index (χ4n) is 3.95. The molecule has 5 rings (SSSR count). The Morgan fingerprint density at radius 1 is 0.900 bits per heavy atom. The molecule has 0 N–H and O–H groups in total. The number of amides is 2. The molecule has 0 bridgehead atoms. The summed E-state index contributed by atoms with van der Waals surface area (Å²) >= 11 is 0. The van der Waals surface area contributed by atoms with Crippen molar-refractivity contribution in [2.45, 2.75) is 19.4 Å². The molecule has 1 saturated carbocycles. The molecule has 2 aliphatic rings. The number of piperazine rings is 1. The number of carbonyl (C=O) groups excluding carboxylic acids is 2. The fraction of sp³-hybridized carbons (Fsp3) is 0.333. The summed E-state index contributed by atoms with van der Waals surface area (Å²) in [5.74, 6) is 1.38. The van der Waals surface area contributed by atoms with Crippen molar-refractivity contribution in [1.29, 1.82) is 0 Å². The third-order valence-electron chi connectivity index (χ3n) is 5.82. The van der Waals surface area contributed by atoms with E-state index in [1.54, 1.807) is 4.90 Å². The summed E-state index contributed by atoms with van der Waals surface area (Å²) in [6.07, 6.45) is 2.00. The van der Waals surface area contributed by atoms with Gasteiger partial charge in [-0.15, -0.1) is 0 Å². The second-order valence-corrected chi connectivity index (χ2v) is 7.90. The molecule has 0 spiro atoms. The lowest BCUT2D eigenvalue weighted by molar-refractivity contribution is -0.134. The maximum atomic E-state index is 13.3. The Hall–Kier alpha value is -3.28. The highest BCUT2D eigenvalue weighted by Crippen LogP contribution is 2.32. The maximum absolute atomic E-state index is 13.3. The predicted octanol–water partition coefficient (Wildman–Crippen LogP) is 3.71. The van der Waals surface area contributed by atoms with Gasteiger partial charge in [-0.2, -0.15) is 0 Å². The standard InChI is InChI=1S/C24H24N2O4/c27-23(17-10-11-17)25-12-14-26(15-13-25)24(28)22-20(16-29-18-6-2-1-3-7-18)19-8-4-5-9-21(19)30-22/h1-9,17H,10-16H2. The quantitative estimate of drug-likeness (QED) is 0.650. The first-order chi connectivity index (χ1) is 14.7. The van der Waals surface area contributed by atoms with E-state index in [0.717, 1.165) is 29.5 Å². The molecular formula is C24H24N2O4. The number of benzene rings is 2. The number of hydrogen-bond acceptors (Lipinski definition) is 4. The molecule has 1 saturated heterocycles. The van der Waals surface area contributed by atoms with Crippen LogP contribution in [0.3, 0.4) is 0 Å². The van der Waals surface area contributed by atoms with Gasteiger partial charge < -0.3 is 19.0 Å². The average Bonchev–Trinajstić information content (AvgIpc) is 3.58. The normalized spacial score (nSPS) is 16.7. The van der Waals surface area contributed by atoms with Gasteiger partial charge in [-0.25, -0.2) is 0 Å². The van der Waals surface area contributed by atoms with Gasteiger partial charge in [-0.1, -0.05) is 36.4 Å². The van der Waals surface area contributed by atoms with Gasteiger partial charge in [0.1, 0.15) is 17.9 Å². The molecule has 0 unspecified atom stereocenters. The van der Waals surface area contributed by atoms with E-state index >= 15 is 0 Å². The van der Waals surface area contributed by atoms with Crippen LogP contribution >= 0.6 is 0 Å². The molecule has 0 radical (unpaired) electrons. The molecule has 3 aromatic rings. The van der Waals surface area contributed by atoms with E-state index in [1.807, 2.05) is 59.5 Å². The SMILES string of the molecule is O=C(c1oc2ccccc2c1COc1ccccc1)N1CCN(C(=O)C2CC2)CC1. The maximum Gasteiger partial charge on any atom is 0.290 e. The van der Waals surface area contributed by atoms with E-state index in [4.69, 9.17) is 9.15 Å². The topological polar surface area (TPSA) is 63.0 Å². The van der Waals surface area contributed by atoms with Crippen LogP contribution in [0.2, 0.25) is 0 Å². The fourth-order valence-corrected chi connectivity index (χ4v) is 3.95. The van der Waals surface area contributed by atoms with Crippen molar-refractivity contribution in [3.05, 3.63) is 65.9 Å². The molecule has 2 amide bonds. The molecule has 2 aromatic carbocycles. The van der Waals surface area contributed by atoms with E-state index in [9.17, 15) is 9.59 Å². The lowest BCUT2D eigenvalue weighted by atomic mass is 10.1. The van der Waals surface area contributed by atoms with Crippen LogP contribution in [0, 0.1) is 5.92 Å². The van der Waals surface area contributed by atoms with Crippen molar-refractivity contribution in [3.63, 3.8) is 0 Å². The van der Waals surface area contributed by atoms with Crippen LogP contribution in [0.25, 0.3) is 11.0 Å². The highest BCUT2D eigenvalue weighted by Gasteiger charge is 2.36. The van der Waals surface area contributed by atoms with Crippen molar-refractivity contribution in [1.82, 2.24) is 9.80 Å². The number of fused-ring (bicyclic) bond motifs is 1. The highest BCUT2D eigenvalue weighted by atomic mass is 16.5. The zero-order valence-corrected chi connectivity index (χ0v) is 16.8. The van der Waals surface area contributed by atoms with Crippen LogP contribution in [-0.2, 0) is 11.4 Å². The Morgan fingerprint density at radius 3 is 2.30 bits per heavy atom. The molecule has 6 nitrogen and oxygen atoms in total. The summed E-state index contributed by atoms with van der Waals surface area (Å²) in [7, 11) is 0. The number of hydrogen-bond donors (Lipinski definition) is 0. The molecule has 0 atom stereocenters. The number of furan rings is 1. The third-order valence-corrected chi connectivity index (χ3v) is 5.82. The van der Waals surface area contributed by atoms with Crippen molar-refractivity contribution in [3.8, 4) is 5.75 Å². The summed E-state index contributed by atoms with van der Waals surface area (Å²) in [6, 6.07) is 17.2. The predicted molar refractivity (Wildman–Crippen MR) is 112 cm³/mol.